The lowest BCUT2D eigenvalue weighted by Crippen LogP contribution is -1.99. The molecule has 132 valence electrons. The summed E-state index contributed by atoms with van der Waals surface area (Å²) in [5.74, 6) is -0.201. The van der Waals surface area contributed by atoms with Crippen LogP contribution < -0.4 is 5.73 Å². The molecule has 1 heterocycles. The molecule has 0 amide bonds. The third-order valence-corrected chi connectivity index (χ3v) is 4.78. The van der Waals surface area contributed by atoms with E-state index >= 15 is 0 Å². The number of nitrogens with two attached hydrogens (primary N) is 1. The molecule has 0 spiro atoms. The Morgan fingerprint density at radius 3 is 2.64 bits per heavy atom. The number of fused-ring (bicyclic) bond motifs is 1. The number of hydrogen-bond donors (Lipinski definition) is 2. The summed E-state index contributed by atoms with van der Waals surface area (Å²) in [4.78, 5) is 3.52. The van der Waals surface area contributed by atoms with Gasteiger partial charge >= 0.3 is 0 Å². The first-order valence-electron chi connectivity index (χ1n) is 9.32. The monoisotopic (exact) mass is 338 g/mol. The van der Waals surface area contributed by atoms with Crippen LogP contribution in [0, 0.1) is 5.82 Å². The Balaban J connectivity index is 2.06. The molecule has 3 aromatic rings. The van der Waals surface area contributed by atoms with E-state index < -0.39 is 0 Å². The number of H-pyrrole nitrogens is 1. The number of aromatic nitrogens is 1. The van der Waals surface area contributed by atoms with Crippen LogP contribution in [-0.4, -0.2) is 11.5 Å². The van der Waals surface area contributed by atoms with E-state index in [2.05, 4.69) is 30.1 Å². The van der Waals surface area contributed by atoms with Gasteiger partial charge in [0, 0.05) is 22.2 Å². The molecular formula is C22H27FN2. The average molecular weight is 338 g/mol. The SMILES string of the molecule is CCCCc1ccc2[nH]c(-c3cccc(F)c3)c(CCCCN)c2c1. The van der Waals surface area contributed by atoms with Crippen LogP contribution in [0.5, 0.6) is 0 Å². The lowest BCUT2D eigenvalue weighted by Gasteiger charge is -2.06. The molecule has 3 heteroatoms. The predicted molar refractivity (Wildman–Crippen MR) is 104 cm³/mol. The Morgan fingerprint density at radius 2 is 1.88 bits per heavy atom. The maximum Gasteiger partial charge on any atom is 0.123 e. The van der Waals surface area contributed by atoms with Crippen molar-refractivity contribution >= 4 is 10.9 Å². The van der Waals surface area contributed by atoms with E-state index in [-0.39, 0.29) is 5.82 Å². The fourth-order valence-electron chi connectivity index (χ4n) is 3.43. The van der Waals surface area contributed by atoms with Crippen LogP contribution in [-0.2, 0) is 12.8 Å². The van der Waals surface area contributed by atoms with Gasteiger partial charge in [0.05, 0.1) is 0 Å². The number of aryl methyl sites for hydroxylation is 2. The molecule has 0 atom stereocenters. The molecule has 0 fully saturated rings. The van der Waals surface area contributed by atoms with Crippen molar-refractivity contribution in [2.45, 2.75) is 45.4 Å². The van der Waals surface area contributed by atoms with Gasteiger partial charge in [0.15, 0.2) is 0 Å². The van der Waals surface area contributed by atoms with Crippen LogP contribution in [0.2, 0.25) is 0 Å². The number of aromatic amines is 1. The molecular weight excluding hydrogens is 311 g/mol. The van der Waals surface area contributed by atoms with E-state index in [1.54, 1.807) is 12.1 Å². The smallest absolute Gasteiger partial charge is 0.123 e. The summed E-state index contributed by atoms with van der Waals surface area (Å²) in [6.07, 6.45) is 6.52. The molecule has 3 N–H and O–H groups in total. The van der Waals surface area contributed by atoms with Crippen molar-refractivity contribution in [2.24, 2.45) is 5.73 Å². The van der Waals surface area contributed by atoms with Crippen LogP contribution >= 0.6 is 0 Å². The van der Waals surface area contributed by atoms with E-state index in [1.165, 1.54) is 35.4 Å². The van der Waals surface area contributed by atoms with E-state index in [4.69, 9.17) is 5.73 Å². The number of unbranched alkanes of at least 4 members (excludes halogenated alkanes) is 2. The van der Waals surface area contributed by atoms with Gasteiger partial charge in [0.25, 0.3) is 0 Å². The second-order valence-electron chi connectivity index (χ2n) is 6.72. The molecule has 2 aromatic carbocycles. The lowest BCUT2D eigenvalue weighted by atomic mass is 9.98. The van der Waals surface area contributed by atoms with Gasteiger partial charge in [0.1, 0.15) is 5.82 Å². The molecule has 0 aliphatic carbocycles. The maximum absolute atomic E-state index is 13.7. The summed E-state index contributed by atoms with van der Waals surface area (Å²) in [6.45, 7) is 2.93. The first kappa shape index (κ1) is 17.7. The minimum absolute atomic E-state index is 0.201. The Hall–Kier alpha value is -2.13. The van der Waals surface area contributed by atoms with Crippen molar-refractivity contribution in [1.29, 1.82) is 0 Å². The number of nitrogens with one attached hydrogen (secondary N) is 1. The topological polar surface area (TPSA) is 41.8 Å². The van der Waals surface area contributed by atoms with E-state index in [9.17, 15) is 4.39 Å². The van der Waals surface area contributed by atoms with Gasteiger partial charge in [-0.1, -0.05) is 31.5 Å². The third-order valence-electron chi connectivity index (χ3n) is 4.78. The number of benzene rings is 2. The molecule has 0 bridgehead atoms. The third kappa shape index (κ3) is 4.10. The second kappa shape index (κ2) is 8.30. The normalized spacial score (nSPS) is 11.3. The maximum atomic E-state index is 13.7. The largest absolute Gasteiger partial charge is 0.354 e. The van der Waals surface area contributed by atoms with E-state index in [0.29, 0.717) is 6.54 Å². The van der Waals surface area contributed by atoms with Gasteiger partial charge in [-0.15, -0.1) is 0 Å². The van der Waals surface area contributed by atoms with Crippen LogP contribution in [0.4, 0.5) is 4.39 Å². The van der Waals surface area contributed by atoms with Gasteiger partial charge in [-0.05, 0) is 74.0 Å². The number of hydrogen-bond acceptors (Lipinski definition) is 1. The fraction of sp³-hybridized carbons (Fsp3) is 0.364. The van der Waals surface area contributed by atoms with E-state index in [0.717, 1.165) is 42.5 Å². The molecule has 25 heavy (non-hydrogen) atoms. The van der Waals surface area contributed by atoms with Gasteiger partial charge in [-0.3, -0.25) is 0 Å². The fourth-order valence-corrected chi connectivity index (χ4v) is 3.43. The van der Waals surface area contributed by atoms with Crippen molar-refractivity contribution in [3.8, 4) is 11.3 Å². The molecule has 2 nitrogen and oxygen atoms in total. The highest BCUT2D eigenvalue weighted by atomic mass is 19.1. The highest BCUT2D eigenvalue weighted by Crippen LogP contribution is 2.32. The first-order chi connectivity index (χ1) is 12.2. The zero-order valence-electron chi connectivity index (χ0n) is 14.9. The average Bonchev–Trinajstić information content (AvgIpc) is 2.98. The van der Waals surface area contributed by atoms with Crippen LogP contribution in [0.25, 0.3) is 22.2 Å². The van der Waals surface area contributed by atoms with Crippen LogP contribution in [0.15, 0.2) is 42.5 Å². The van der Waals surface area contributed by atoms with Crippen molar-refractivity contribution in [2.75, 3.05) is 6.54 Å². The Bertz CT molecular complexity index is 835. The molecule has 0 unspecified atom stereocenters. The number of rotatable bonds is 8. The predicted octanol–water partition coefficient (Wildman–Crippen LogP) is 5.60. The van der Waals surface area contributed by atoms with Gasteiger partial charge in [-0.25, -0.2) is 4.39 Å². The summed E-state index contributed by atoms with van der Waals surface area (Å²) in [5.41, 5.74) is 11.4. The van der Waals surface area contributed by atoms with Crippen molar-refractivity contribution in [3.05, 3.63) is 59.4 Å². The van der Waals surface area contributed by atoms with Crippen molar-refractivity contribution < 1.29 is 4.39 Å². The summed E-state index contributed by atoms with van der Waals surface area (Å²) >= 11 is 0. The minimum Gasteiger partial charge on any atom is -0.354 e. The molecule has 0 saturated carbocycles. The van der Waals surface area contributed by atoms with Crippen LogP contribution in [0.1, 0.15) is 43.7 Å². The number of halogens is 1. The molecule has 1 aromatic heterocycles. The molecule has 3 rings (SSSR count). The standard InChI is InChI=1S/C22H27FN2/c1-2-3-7-16-11-12-21-20(14-16)19(10-4-5-13-24)22(25-21)17-8-6-9-18(23)15-17/h6,8-9,11-12,14-15,25H,2-5,7,10,13,24H2,1H3. The minimum atomic E-state index is -0.201. The summed E-state index contributed by atoms with van der Waals surface area (Å²) in [7, 11) is 0. The summed E-state index contributed by atoms with van der Waals surface area (Å²) in [5, 5.41) is 1.27. The van der Waals surface area contributed by atoms with Gasteiger partial charge in [0.2, 0.25) is 0 Å². The molecule has 0 saturated heterocycles. The first-order valence-corrected chi connectivity index (χ1v) is 9.32. The Labute approximate surface area is 149 Å². The van der Waals surface area contributed by atoms with Gasteiger partial charge in [-0.2, -0.15) is 0 Å². The lowest BCUT2D eigenvalue weighted by molar-refractivity contribution is 0.628. The summed E-state index contributed by atoms with van der Waals surface area (Å²) in [6, 6.07) is 13.5. The molecule has 0 radical (unpaired) electrons. The van der Waals surface area contributed by atoms with E-state index in [1.807, 2.05) is 6.07 Å². The van der Waals surface area contributed by atoms with Crippen molar-refractivity contribution in [1.82, 2.24) is 4.98 Å². The Kier molecular flexibility index (Phi) is 5.87. The second-order valence-corrected chi connectivity index (χ2v) is 6.72. The molecule has 0 aliphatic rings. The highest BCUT2D eigenvalue weighted by Gasteiger charge is 2.14. The molecule has 0 aliphatic heterocycles. The van der Waals surface area contributed by atoms with Gasteiger partial charge < -0.3 is 10.7 Å². The zero-order chi connectivity index (χ0) is 17.6. The highest BCUT2D eigenvalue weighted by molar-refractivity contribution is 5.91. The quantitative estimate of drug-likeness (QED) is 0.516. The Morgan fingerprint density at radius 1 is 1.00 bits per heavy atom. The summed E-state index contributed by atoms with van der Waals surface area (Å²) < 4.78 is 13.7. The van der Waals surface area contributed by atoms with Crippen LogP contribution in [0.3, 0.4) is 0 Å². The van der Waals surface area contributed by atoms with Crippen molar-refractivity contribution in [3.63, 3.8) is 0 Å². The zero-order valence-corrected chi connectivity index (χ0v) is 14.9.